The summed E-state index contributed by atoms with van der Waals surface area (Å²) in [6.45, 7) is 8.87. The largest absolute Gasteiger partial charge is 0.310 e. The Morgan fingerprint density at radius 3 is 3.00 bits per heavy atom. The maximum Gasteiger partial charge on any atom is 0.123 e. The minimum Gasteiger partial charge on any atom is -0.310 e. The quantitative estimate of drug-likeness (QED) is 0.899. The molecule has 106 valence electrons. The summed E-state index contributed by atoms with van der Waals surface area (Å²) in [4.78, 5) is 2.51. The number of hydrogen-bond donors (Lipinski definition) is 1. The summed E-state index contributed by atoms with van der Waals surface area (Å²) < 4.78 is 13.2. The lowest BCUT2D eigenvalue weighted by molar-refractivity contribution is 0.217. The molecule has 0 aliphatic carbocycles. The Kier molecular flexibility index (Phi) is 4.94. The highest BCUT2D eigenvalue weighted by Crippen LogP contribution is 2.15. The molecule has 0 spiro atoms. The molecule has 1 atom stereocenters. The average molecular weight is 264 g/mol. The van der Waals surface area contributed by atoms with Crippen LogP contribution in [0.4, 0.5) is 4.39 Å². The maximum atomic E-state index is 13.2. The summed E-state index contributed by atoms with van der Waals surface area (Å²) in [6.07, 6.45) is 3.26. The van der Waals surface area contributed by atoms with Crippen molar-refractivity contribution in [1.82, 2.24) is 10.2 Å². The van der Waals surface area contributed by atoms with Gasteiger partial charge in [-0.15, -0.1) is 0 Å². The van der Waals surface area contributed by atoms with E-state index in [1.54, 1.807) is 12.1 Å². The zero-order valence-corrected chi connectivity index (χ0v) is 12.1. The molecule has 2 nitrogen and oxygen atoms in total. The van der Waals surface area contributed by atoms with Crippen molar-refractivity contribution in [2.24, 2.45) is 0 Å². The lowest BCUT2D eigenvalue weighted by atomic mass is 9.98. The van der Waals surface area contributed by atoms with Gasteiger partial charge in [0.25, 0.3) is 0 Å². The van der Waals surface area contributed by atoms with Crippen molar-refractivity contribution in [2.45, 2.75) is 38.6 Å². The second kappa shape index (κ2) is 6.49. The number of halogens is 1. The van der Waals surface area contributed by atoms with Gasteiger partial charge in [-0.1, -0.05) is 19.1 Å². The molecule has 0 saturated carbocycles. The van der Waals surface area contributed by atoms with Gasteiger partial charge in [0, 0.05) is 18.6 Å². The second-order valence-corrected chi connectivity index (χ2v) is 5.85. The van der Waals surface area contributed by atoms with Crippen molar-refractivity contribution in [3.63, 3.8) is 0 Å². The second-order valence-electron chi connectivity index (χ2n) is 5.85. The maximum absolute atomic E-state index is 13.2. The Morgan fingerprint density at radius 2 is 2.26 bits per heavy atom. The summed E-state index contributed by atoms with van der Waals surface area (Å²) in [5.41, 5.74) is 1.31. The smallest absolute Gasteiger partial charge is 0.123 e. The molecule has 1 aliphatic rings. The molecule has 1 aromatic carbocycles. The van der Waals surface area contributed by atoms with Gasteiger partial charge in [-0.3, -0.25) is 0 Å². The average Bonchev–Trinajstić information content (AvgIpc) is 2.59. The van der Waals surface area contributed by atoms with E-state index in [1.807, 2.05) is 6.07 Å². The van der Waals surface area contributed by atoms with Crippen LogP contribution >= 0.6 is 0 Å². The molecule has 2 rings (SSSR count). The first kappa shape index (κ1) is 14.5. The van der Waals surface area contributed by atoms with E-state index in [-0.39, 0.29) is 11.4 Å². The van der Waals surface area contributed by atoms with Gasteiger partial charge < -0.3 is 10.2 Å². The van der Waals surface area contributed by atoms with Gasteiger partial charge in [-0.25, -0.2) is 4.39 Å². The molecule has 1 heterocycles. The van der Waals surface area contributed by atoms with Crippen LogP contribution in [0.15, 0.2) is 24.3 Å². The summed E-state index contributed by atoms with van der Waals surface area (Å²) in [5.74, 6) is -0.131. The predicted molar refractivity (Wildman–Crippen MR) is 77.9 cm³/mol. The highest BCUT2D eigenvalue weighted by Gasteiger charge is 2.26. The Labute approximate surface area is 116 Å². The van der Waals surface area contributed by atoms with Crippen molar-refractivity contribution in [1.29, 1.82) is 0 Å². The SMILES string of the molecule is CCC1(C)CN(CCc2cccc(F)c2)CCCN1. The predicted octanol–water partition coefficient (Wildman–Crippen LogP) is 2.83. The summed E-state index contributed by atoms with van der Waals surface area (Å²) in [7, 11) is 0. The molecule has 0 aromatic heterocycles. The zero-order chi connectivity index (χ0) is 13.7. The number of rotatable bonds is 4. The van der Waals surface area contributed by atoms with E-state index in [4.69, 9.17) is 0 Å². The molecule has 0 amide bonds. The van der Waals surface area contributed by atoms with Crippen LogP contribution < -0.4 is 5.32 Å². The summed E-state index contributed by atoms with van der Waals surface area (Å²) in [6, 6.07) is 6.96. The molecular formula is C16H25FN2. The van der Waals surface area contributed by atoms with E-state index in [9.17, 15) is 4.39 Å². The highest BCUT2D eigenvalue weighted by molar-refractivity contribution is 5.16. The number of nitrogens with one attached hydrogen (secondary N) is 1. The van der Waals surface area contributed by atoms with Gasteiger partial charge in [0.15, 0.2) is 0 Å². The van der Waals surface area contributed by atoms with Gasteiger partial charge in [0.2, 0.25) is 0 Å². The monoisotopic (exact) mass is 264 g/mol. The molecule has 0 radical (unpaired) electrons. The third-order valence-corrected chi connectivity index (χ3v) is 4.16. The van der Waals surface area contributed by atoms with Crippen LogP contribution in [-0.4, -0.2) is 36.6 Å². The molecule has 1 aliphatic heterocycles. The van der Waals surface area contributed by atoms with Gasteiger partial charge in [-0.05, 0) is 57.0 Å². The van der Waals surface area contributed by atoms with Crippen LogP contribution in [0.5, 0.6) is 0 Å². The normalized spacial score (nSPS) is 25.2. The highest BCUT2D eigenvalue weighted by atomic mass is 19.1. The van der Waals surface area contributed by atoms with Crippen LogP contribution in [0.2, 0.25) is 0 Å². The van der Waals surface area contributed by atoms with Crippen molar-refractivity contribution < 1.29 is 4.39 Å². The number of benzene rings is 1. The van der Waals surface area contributed by atoms with Crippen molar-refractivity contribution >= 4 is 0 Å². The van der Waals surface area contributed by atoms with Crippen LogP contribution in [0.3, 0.4) is 0 Å². The molecule has 1 unspecified atom stereocenters. The molecule has 3 heteroatoms. The third kappa shape index (κ3) is 4.29. The van der Waals surface area contributed by atoms with E-state index in [2.05, 4.69) is 24.1 Å². The zero-order valence-electron chi connectivity index (χ0n) is 12.1. The minimum atomic E-state index is -0.131. The Hall–Kier alpha value is -0.930. The van der Waals surface area contributed by atoms with E-state index in [1.165, 1.54) is 12.5 Å². The first-order valence-corrected chi connectivity index (χ1v) is 7.33. The molecule has 1 saturated heterocycles. The van der Waals surface area contributed by atoms with Crippen LogP contribution in [0, 0.1) is 5.82 Å². The third-order valence-electron chi connectivity index (χ3n) is 4.16. The van der Waals surface area contributed by atoms with E-state index in [0.717, 1.165) is 44.6 Å². The van der Waals surface area contributed by atoms with Crippen molar-refractivity contribution in [3.05, 3.63) is 35.6 Å². The van der Waals surface area contributed by atoms with Crippen molar-refractivity contribution in [2.75, 3.05) is 26.2 Å². The molecule has 19 heavy (non-hydrogen) atoms. The van der Waals surface area contributed by atoms with Crippen LogP contribution in [0.1, 0.15) is 32.3 Å². The minimum absolute atomic E-state index is 0.131. The van der Waals surface area contributed by atoms with E-state index < -0.39 is 0 Å². The molecule has 0 bridgehead atoms. The first-order chi connectivity index (χ1) is 9.11. The Morgan fingerprint density at radius 1 is 1.42 bits per heavy atom. The lowest BCUT2D eigenvalue weighted by Crippen LogP contribution is -2.48. The Bertz CT molecular complexity index is 407. The van der Waals surface area contributed by atoms with Crippen LogP contribution in [-0.2, 0) is 6.42 Å². The van der Waals surface area contributed by atoms with Gasteiger partial charge in [0.1, 0.15) is 5.82 Å². The topological polar surface area (TPSA) is 15.3 Å². The van der Waals surface area contributed by atoms with Gasteiger partial charge in [-0.2, -0.15) is 0 Å². The number of nitrogens with zero attached hydrogens (tertiary/aromatic N) is 1. The fourth-order valence-corrected chi connectivity index (χ4v) is 2.73. The molecule has 1 N–H and O–H groups in total. The molecule has 1 fully saturated rings. The summed E-state index contributed by atoms with van der Waals surface area (Å²) in [5, 5.41) is 3.64. The summed E-state index contributed by atoms with van der Waals surface area (Å²) >= 11 is 0. The van der Waals surface area contributed by atoms with Gasteiger partial charge >= 0.3 is 0 Å². The van der Waals surface area contributed by atoms with Crippen LogP contribution in [0.25, 0.3) is 0 Å². The standard InChI is InChI=1S/C16H25FN2/c1-3-16(2)13-19(10-5-9-18-16)11-8-14-6-4-7-15(17)12-14/h4,6-7,12,18H,3,5,8-11,13H2,1-2H3. The van der Waals surface area contributed by atoms with Crippen molar-refractivity contribution in [3.8, 4) is 0 Å². The molecular weight excluding hydrogens is 239 g/mol. The first-order valence-electron chi connectivity index (χ1n) is 7.33. The van der Waals surface area contributed by atoms with Gasteiger partial charge in [0.05, 0.1) is 0 Å². The lowest BCUT2D eigenvalue weighted by Gasteiger charge is -2.32. The fourth-order valence-electron chi connectivity index (χ4n) is 2.73. The Balaban J connectivity index is 1.91. The fraction of sp³-hybridized carbons (Fsp3) is 0.625. The van der Waals surface area contributed by atoms with E-state index >= 15 is 0 Å². The number of hydrogen-bond acceptors (Lipinski definition) is 2. The molecule has 1 aromatic rings. The van der Waals surface area contributed by atoms with E-state index in [0.29, 0.717) is 0 Å².